The van der Waals surface area contributed by atoms with Crippen molar-refractivity contribution in [1.82, 2.24) is 4.98 Å². The molecule has 0 aliphatic rings. The fourth-order valence-corrected chi connectivity index (χ4v) is 1.66. The van der Waals surface area contributed by atoms with Crippen LogP contribution in [0.25, 0.3) is 0 Å². The molecule has 0 saturated heterocycles. The van der Waals surface area contributed by atoms with Gasteiger partial charge in [-0.2, -0.15) is 0 Å². The van der Waals surface area contributed by atoms with Crippen LogP contribution < -0.4 is 4.74 Å². The van der Waals surface area contributed by atoms with Crippen molar-refractivity contribution in [2.45, 2.75) is 32.6 Å². The monoisotopic (exact) mass is 227 g/mol. The maximum Gasteiger partial charge on any atom is 0.126 e. The third-order valence-corrected chi connectivity index (χ3v) is 2.60. The van der Waals surface area contributed by atoms with Crippen molar-refractivity contribution in [3.63, 3.8) is 0 Å². The van der Waals surface area contributed by atoms with Crippen molar-refractivity contribution >= 4 is 11.6 Å². The van der Waals surface area contributed by atoms with Crippen molar-refractivity contribution in [2.75, 3.05) is 6.61 Å². The number of hydrogen-bond acceptors (Lipinski definition) is 2. The Morgan fingerprint density at radius 2 is 2.33 bits per heavy atom. The second-order valence-corrected chi connectivity index (χ2v) is 4.09. The Labute approximate surface area is 96.6 Å². The van der Waals surface area contributed by atoms with Gasteiger partial charge < -0.3 is 4.74 Å². The zero-order chi connectivity index (χ0) is 11.1. The molecule has 1 unspecified atom stereocenters. The Morgan fingerprint density at radius 1 is 1.53 bits per heavy atom. The fourth-order valence-electron chi connectivity index (χ4n) is 1.46. The lowest BCUT2D eigenvalue weighted by Crippen LogP contribution is -2.09. The van der Waals surface area contributed by atoms with Crippen LogP contribution in [0.15, 0.2) is 18.5 Å². The molecule has 0 spiro atoms. The molecule has 1 atom stereocenters. The second-order valence-electron chi connectivity index (χ2n) is 3.82. The number of alkyl halides is 1. The summed E-state index contributed by atoms with van der Waals surface area (Å²) in [6.07, 6.45) is 5.88. The van der Waals surface area contributed by atoms with Crippen LogP contribution in [0.1, 0.15) is 32.3 Å². The first kappa shape index (κ1) is 12.3. The minimum Gasteiger partial charge on any atom is -0.493 e. The Kier molecular flexibility index (Phi) is 5.48. The number of rotatable bonds is 6. The minimum absolute atomic E-state index is 0.450. The van der Waals surface area contributed by atoms with Gasteiger partial charge in [0, 0.05) is 18.0 Å². The van der Waals surface area contributed by atoms with E-state index in [1.165, 1.54) is 12.8 Å². The molecule has 0 bridgehead atoms. The summed E-state index contributed by atoms with van der Waals surface area (Å²) in [5, 5.41) is 0. The summed E-state index contributed by atoms with van der Waals surface area (Å²) in [6.45, 7) is 5.14. The van der Waals surface area contributed by atoms with E-state index >= 15 is 0 Å². The molecule has 0 aliphatic carbocycles. The molecule has 1 heterocycles. The summed E-state index contributed by atoms with van der Waals surface area (Å²) in [5.74, 6) is 1.90. The molecule has 3 heteroatoms. The minimum atomic E-state index is 0.450. The zero-order valence-corrected chi connectivity index (χ0v) is 10.1. The highest BCUT2D eigenvalue weighted by Gasteiger charge is 2.05. The molecule has 0 radical (unpaired) electrons. The van der Waals surface area contributed by atoms with E-state index in [0.717, 1.165) is 17.9 Å². The van der Waals surface area contributed by atoms with Crippen molar-refractivity contribution in [3.8, 4) is 5.75 Å². The van der Waals surface area contributed by atoms with Gasteiger partial charge in [-0.25, -0.2) is 0 Å². The molecule has 0 amide bonds. The number of pyridine rings is 1. The van der Waals surface area contributed by atoms with E-state index in [9.17, 15) is 0 Å². The van der Waals surface area contributed by atoms with Gasteiger partial charge in [-0.15, -0.1) is 11.6 Å². The van der Waals surface area contributed by atoms with Gasteiger partial charge in [-0.05, 0) is 18.4 Å². The number of ether oxygens (including phenoxy) is 1. The highest BCUT2D eigenvalue weighted by Crippen LogP contribution is 2.19. The molecule has 0 aliphatic heterocycles. The molecule has 0 saturated carbocycles. The summed E-state index contributed by atoms with van der Waals surface area (Å²) >= 11 is 5.79. The average Bonchev–Trinajstić information content (AvgIpc) is 2.27. The third kappa shape index (κ3) is 4.08. The van der Waals surface area contributed by atoms with Crippen LogP contribution >= 0.6 is 11.6 Å². The van der Waals surface area contributed by atoms with Gasteiger partial charge in [0.05, 0.1) is 12.5 Å². The topological polar surface area (TPSA) is 22.1 Å². The number of halogens is 1. The van der Waals surface area contributed by atoms with Crippen LogP contribution in [0.4, 0.5) is 0 Å². The molecule has 1 aromatic heterocycles. The SMILES string of the molecule is CCCC(C)COc1ccncc1CCl. The predicted octanol–water partition coefficient (Wildman–Crippen LogP) is 3.64. The van der Waals surface area contributed by atoms with Crippen molar-refractivity contribution < 1.29 is 4.74 Å². The predicted molar refractivity (Wildman–Crippen MR) is 63.4 cm³/mol. The normalized spacial score (nSPS) is 12.5. The summed E-state index contributed by atoms with van der Waals surface area (Å²) in [5.41, 5.74) is 0.961. The molecular weight excluding hydrogens is 210 g/mol. The van der Waals surface area contributed by atoms with Gasteiger partial charge in [0.15, 0.2) is 0 Å². The first-order valence-corrected chi connectivity index (χ1v) is 5.93. The molecule has 0 N–H and O–H groups in total. The van der Waals surface area contributed by atoms with Crippen LogP contribution in [0.3, 0.4) is 0 Å². The lowest BCUT2D eigenvalue weighted by Gasteiger charge is -2.13. The molecule has 84 valence electrons. The quantitative estimate of drug-likeness (QED) is 0.693. The highest BCUT2D eigenvalue weighted by atomic mass is 35.5. The van der Waals surface area contributed by atoms with Crippen molar-refractivity contribution in [2.24, 2.45) is 5.92 Å². The van der Waals surface area contributed by atoms with Gasteiger partial charge in [0.25, 0.3) is 0 Å². The first-order chi connectivity index (χ1) is 7.27. The molecule has 2 nitrogen and oxygen atoms in total. The Morgan fingerprint density at radius 3 is 3.00 bits per heavy atom. The van der Waals surface area contributed by atoms with Crippen LogP contribution in [-0.4, -0.2) is 11.6 Å². The molecular formula is C12H18ClNO. The Balaban J connectivity index is 2.49. The molecule has 1 aromatic rings. The van der Waals surface area contributed by atoms with E-state index in [1.54, 1.807) is 12.4 Å². The second kappa shape index (κ2) is 6.67. The lowest BCUT2D eigenvalue weighted by atomic mass is 10.1. The van der Waals surface area contributed by atoms with Gasteiger partial charge in [0.2, 0.25) is 0 Å². The Hall–Kier alpha value is -0.760. The van der Waals surface area contributed by atoms with E-state index in [4.69, 9.17) is 16.3 Å². The average molecular weight is 228 g/mol. The summed E-state index contributed by atoms with van der Waals surface area (Å²) in [4.78, 5) is 4.02. The summed E-state index contributed by atoms with van der Waals surface area (Å²) in [6, 6.07) is 1.87. The van der Waals surface area contributed by atoms with E-state index in [0.29, 0.717) is 11.8 Å². The van der Waals surface area contributed by atoms with E-state index in [2.05, 4.69) is 18.8 Å². The van der Waals surface area contributed by atoms with Gasteiger partial charge >= 0.3 is 0 Å². The van der Waals surface area contributed by atoms with Gasteiger partial charge in [-0.1, -0.05) is 20.3 Å². The highest BCUT2D eigenvalue weighted by molar-refractivity contribution is 6.17. The number of aromatic nitrogens is 1. The molecule has 1 rings (SSSR count). The van der Waals surface area contributed by atoms with Gasteiger partial charge in [0.1, 0.15) is 5.75 Å². The maximum atomic E-state index is 5.79. The largest absolute Gasteiger partial charge is 0.493 e. The zero-order valence-electron chi connectivity index (χ0n) is 9.37. The Bertz CT molecular complexity index is 291. The van der Waals surface area contributed by atoms with E-state index in [1.807, 2.05) is 6.07 Å². The van der Waals surface area contributed by atoms with E-state index in [-0.39, 0.29) is 0 Å². The van der Waals surface area contributed by atoms with Crippen LogP contribution in [0, 0.1) is 5.92 Å². The van der Waals surface area contributed by atoms with Crippen molar-refractivity contribution in [3.05, 3.63) is 24.0 Å². The molecule has 0 fully saturated rings. The number of nitrogens with zero attached hydrogens (tertiary/aromatic N) is 1. The van der Waals surface area contributed by atoms with Gasteiger partial charge in [-0.3, -0.25) is 4.98 Å². The smallest absolute Gasteiger partial charge is 0.126 e. The summed E-state index contributed by atoms with van der Waals surface area (Å²) < 4.78 is 5.72. The van der Waals surface area contributed by atoms with Crippen molar-refractivity contribution in [1.29, 1.82) is 0 Å². The molecule has 0 aromatic carbocycles. The lowest BCUT2D eigenvalue weighted by molar-refractivity contribution is 0.249. The van der Waals surface area contributed by atoms with Crippen LogP contribution in [0.5, 0.6) is 5.75 Å². The first-order valence-electron chi connectivity index (χ1n) is 5.39. The standard InChI is InChI=1S/C12H18ClNO/c1-3-4-10(2)9-15-12-5-6-14-8-11(12)7-13/h5-6,8,10H,3-4,7,9H2,1-2H3. The number of hydrogen-bond donors (Lipinski definition) is 0. The fraction of sp³-hybridized carbons (Fsp3) is 0.583. The van der Waals surface area contributed by atoms with Crippen LogP contribution in [0.2, 0.25) is 0 Å². The molecule has 15 heavy (non-hydrogen) atoms. The summed E-state index contributed by atoms with van der Waals surface area (Å²) in [7, 11) is 0. The van der Waals surface area contributed by atoms with E-state index < -0.39 is 0 Å². The third-order valence-electron chi connectivity index (χ3n) is 2.31. The maximum absolute atomic E-state index is 5.79. The van der Waals surface area contributed by atoms with Crippen LogP contribution in [-0.2, 0) is 5.88 Å².